The number of cyclic esters (lactones) is 1. The molecule has 0 aromatic carbocycles. The minimum Gasteiger partial charge on any atom is -0.459 e. The molecule has 23 heavy (non-hydrogen) atoms. The second-order valence-corrected chi connectivity index (χ2v) is 6.33. The third kappa shape index (κ3) is 6.29. The molecule has 0 saturated heterocycles. The molecule has 0 aromatic rings. The molecule has 2 N–H and O–H groups in total. The normalized spacial score (nSPS) is 42.0. The lowest BCUT2D eigenvalue weighted by atomic mass is 9.95. The van der Waals surface area contributed by atoms with Crippen molar-refractivity contribution in [2.24, 2.45) is 5.92 Å². The van der Waals surface area contributed by atoms with Crippen LogP contribution in [0.3, 0.4) is 0 Å². The fourth-order valence-electron chi connectivity index (χ4n) is 2.27. The van der Waals surface area contributed by atoms with E-state index in [-0.39, 0.29) is 12.0 Å². The van der Waals surface area contributed by atoms with Gasteiger partial charge in [-0.2, -0.15) is 0 Å². The van der Waals surface area contributed by atoms with Crippen LogP contribution >= 0.6 is 0 Å². The summed E-state index contributed by atoms with van der Waals surface area (Å²) in [5, 5.41) is 20.5. The molecule has 0 radical (unpaired) electrons. The van der Waals surface area contributed by atoms with E-state index in [9.17, 15) is 15.0 Å². The highest BCUT2D eigenvalue weighted by atomic mass is 16.5. The molecular formula is C18H28O5. The molecule has 5 atom stereocenters. The Morgan fingerprint density at radius 3 is 2.61 bits per heavy atom. The maximum Gasteiger partial charge on any atom is 0.330 e. The zero-order valence-corrected chi connectivity index (χ0v) is 14.5. The van der Waals surface area contributed by atoms with Gasteiger partial charge in [0.2, 0.25) is 0 Å². The summed E-state index contributed by atoms with van der Waals surface area (Å²) in [5.74, 6) is -0.756. The second kappa shape index (κ2) is 8.43. The largest absolute Gasteiger partial charge is 0.459 e. The highest BCUT2D eigenvalue weighted by molar-refractivity contribution is 5.82. The van der Waals surface area contributed by atoms with E-state index in [1.807, 2.05) is 19.9 Å². The van der Waals surface area contributed by atoms with Gasteiger partial charge in [0.25, 0.3) is 0 Å². The van der Waals surface area contributed by atoms with E-state index in [1.54, 1.807) is 33.1 Å². The lowest BCUT2D eigenvalue weighted by Crippen LogP contribution is -2.31. The van der Waals surface area contributed by atoms with Crippen molar-refractivity contribution in [3.05, 3.63) is 36.0 Å². The van der Waals surface area contributed by atoms with E-state index in [2.05, 4.69) is 0 Å². The Morgan fingerprint density at radius 1 is 1.35 bits per heavy atom. The summed E-state index contributed by atoms with van der Waals surface area (Å²) in [6.07, 6.45) is 6.86. The Morgan fingerprint density at radius 2 is 2.00 bits per heavy atom. The topological polar surface area (TPSA) is 76.0 Å². The second-order valence-electron chi connectivity index (χ2n) is 6.33. The summed E-state index contributed by atoms with van der Waals surface area (Å²) in [7, 11) is 1.58. The minimum atomic E-state index is -1.28. The van der Waals surface area contributed by atoms with Gasteiger partial charge in [-0.05, 0) is 38.8 Å². The Hall–Kier alpha value is -1.43. The molecule has 1 rings (SSSR count). The molecule has 5 heteroatoms. The molecule has 0 bridgehead atoms. The number of aliphatic hydroxyl groups is 2. The minimum absolute atomic E-state index is 0.212. The van der Waals surface area contributed by atoms with Gasteiger partial charge in [0.05, 0.1) is 17.8 Å². The molecule has 0 fully saturated rings. The van der Waals surface area contributed by atoms with Crippen molar-refractivity contribution in [3.63, 3.8) is 0 Å². The number of hydrogen-bond acceptors (Lipinski definition) is 5. The van der Waals surface area contributed by atoms with Gasteiger partial charge >= 0.3 is 5.97 Å². The van der Waals surface area contributed by atoms with Crippen molar-refractivity contribution in [3.8, 4) is 0 Å². The fourth-order valence-corrected chi connectivity index (χ4v) is 2.27. The lowest BCUT2D eigenvalue weighted by molar-refractivity contribution is -0.146. The number of aliphatic hydroxyl groups excluding tert-OH is 1. The Kier molecular flexibility index (Phi) is 7.19. The predicted octanol–water partition coefficient (Wildman–Crippen LogP) is 2.14. The fraction of sp³-hybridized carbons (Fsp3) is 0.611. The van der Waals surface area contributed by atoms with E-state index in [1.165, 1.54) is 12.2 Å². The molecule has 0 saturated carbocycles. The molecule has 1 aliphatic rings. The molecule has 0 spiro atoms. The van der Waals surface area contributed by atoms with E-state index < -0.39 is 23.8 Å². The smallest absolute Gasteiger partial charge is 0.330 e. The zero-order chi connectivity index (χ0) is 17.6. The van der Waals surface area contributed by atoms with Gasteiger partial charge in [0.15, 0.2) is 0 Å². The van der Waals surface area contributed by atoms with Crippen molar-refractivity contribution >= 4 is 5.97 Å². The van der Waals surface area contributed by atoms with Crippen molar-refractivity contribution in [2.75, 3.05) is 7.11 Å². The molecule has 0 aliphatic carbocycles. The van der Waals surface area contributed by atoms with Crippen LogP contribution in [-0.2, 0) is 14.3 Å². The third-order valence-electron chi connectivity index (χ3n) is 4.20. The van der Waals surface area contributed by atoms with Gasteiger partial charge in [-0.1, -0.05) is 25.2 Å². The predicted molar refractivity (Wildman–Crippen MR) is 88.8 cm³/mol. The van der Waals surface area contributed by atoms with Crippen LogP contribution in [-0.4, -0.2) is 47.2 Å². The van der Waals surface area contributed by atoms with Crippen LogP contribution in [0, 0.1) is 5.92 Å². The molecule has 1 unspecified atom stereocenters. The van der Waals surface area contributed by atoms with Crippen LogP contribution in [0.2, 0.25) is 0 Å². The molecule has 130 valence electrons. The Bertz CT molecular complexity index is 490. The van der Waals surface area contributed by atoms with Gasteiger partial charge < -0.3 is 19.7 Å². The number of carbonyl (C=O) groups excluding carboxylic acids is 1. The first-order valence-electron chi connectivity index (χ1n) is 7.85. The molecular weight excluding hydrogens is 296 g/mol. The average Bonchev–Trinajstić information content (AvgIpc) is 2.49. The molecule has 5 nitrogen and oxygen atoms in total. The monoisotopic (exact) mass is 324 g/mol. The number of hydrogen-bond donors (Lipinski definition) is 2. The molecule has 1 aliphatic heterocycles. The van der Waals surface area contributed by atoms with Crippen molar-refractivity contribution in [1.29, 1.82) is 0 Å². The summed E-state index contributed by atoms with van der Waals surface area (Å²) < 4.78 is 10.7. The summed E-state index contributed by atoms with van der Waals surface area (Å²) >= 11 is 0. The number of rotatable bonds is 1. The first-order chi connectivity index (χ1) is 10.7. The number of carbonyl (C=O) groups is 1. The van der Waals surface area contributed by atoms with Crippen LogP contribution < -0.4 is 0 Å². The Labute approximate surface area is 138 Å². The first-order valence-corrected chi connectivity index (χ1v) is 7.85. The highest BCUT2D eigenvalue weighted by Crippen LogP contribution is 2.19. The van der Waals surface area contributed by atoms with Crippen LogP contribution in [0.25, 0.3) is 0 Å². The van der Waals surface area contributed by atoms with Gasteiger partial charge in [0.1, 0.15) is 6.10 Å². The van der Waals surface area contributed by atoms with Crippen LogP contribution in [0.5, 0.6) is 0 Å². The number of ether oxygens (including phenoxy) is 2. The summed E-state index contributed by atoms with van der Waals surface area (Å²) in [4.78, 5) is 11.8. The highest BCUT2D eigenvalue weighted by Gasteiger charge is 2.24. The standard InChI is InChI=1S/C18H28O5/c1-12-6-7-15(19)13(2)14(3)23-17(20)9-11-18(4,21)10-8-16(12)22-5/h6,8-11,13-16,19,21H,7H2,1-5H3/b10-8+,11-9+,12-6+/t13-,14-,15?,16+,18-/m1/s1. The van der Waals surface area contributed by atoms with Gasteiger partial charge in [-0.15, -0.1) is 0 Å². The van der Waals surface area contributed by atoms with Crippen molar-refractivity contribution < 1.29 is 24.5 Å². The van der Waals surface area contributed by atoms with E-state index in [4.69, 9.17) is 9.47 Å². The van der Waals surface area contributed by atoms with Gasteiger partial charge in [-0.25, -0.2) is 4.79 Å². The molecule has 0 aromatic heterocycles. The maximum absolute atomic E-state index is 11.8. The number of esters is 1. The van der Waals surface area contributed by atoms with Gasteiger partial charge in [0, 0.05) is 19.1 Å². The zero-order valence-electron chi connectivity index (χ0n) is 14.5. The lowest BCUT2D eigenvalue weighted by Gasteiger charge is -2.25. The molecule has 0 amide bonds. The quantitative estimate of drug-likeness (QED) is 0.571. The number of methoxy groups -OCH3 is 1. The van der Waals surface area contributed by atoms with Crippen LogP contribution in [0.15, 0.2) is 36.0 Å². The maximum atomic E-state index is 11.8. The van der Waals surface area contributed by atoms with E-state index in [0.29, 0.717) is 6.42 Å². The average molecular weight is 324 g/mol. The SMILES string of the molecule is CO[C@H]1/C=C/[C@@](C)(O)/C=C/C(=O)O[C@H](C)[C@@H](C)C(O)C/C=C/1C. The summed E-state index contributed by atoms with van der Waals surface area (Å²) in [6.45, 7) is 7.07. The van der Waals surface area contributed by atoms with Crippen molar-refractivity contribution in [1.82, 2.24) is 0 Å². The summed E-state index contributed by atoms with van der Waals surface area (Å²) in [5.41, 5.74) is -0.342. The summed E-state index contributed by atoms with van der Waals surface area (Å²) in [6, 6.07) is 0. The van der Waals surface area contributed by atoms with Gasteiger partial charge in [-0.3, -0.25) is 0 Å². The molecule has 1 heterocycles. The third-order valence-corrected chi connectivity index (χ3v) is 4.20. The van der Waals surface area contributed by atoms with E-state index in [0.717, 1.165) is 5.57 Å². The Balaban J connectivity index is 3.13. The van der Waals surface area contributed by atoms with E-state index >= 15 is 0 Å². The van der Waals surface area contributed by atoms with Crippen LogP contribution in [0.1, 0.15) is 34.1 Å². The van der Waals surface area contributed by atoms with Crippen molar-refractivity contribution in [2.45, 2.75) is 58.0 Å². The first kappa shape index (κ1) is 19.6. The van der Waals surface area contributed by atoms with Crippen LogP contribution in [0.4, 0.5) is 0 Å².